The molecule has 0 saturated carbocycles. The minimum Gasteiger partial charge on any atom is -0.369 e. The first-order valence-corrected chi connectivity index (χ1v) is 7.29. The normalized spacial score (nSPS) is 14.3. The molecule has 0 amide bonds. The van der Waals surface area contributed by atoms with E-state index in [-0.39, 0.29) is 0 Å². The zero-order valence-electron chi connectivity index (χ0n) is 11.1. The third kappa shape index (κ3) is 1.93. The molecule has 2 aromatic rings. The summed E-state index contributed by atoms with van der Waals surface area (Å²) < 4.78 is 0. The minimum absolute atomic E-state index is 0.583. The summed E-state index contributed by atoms with van der Waals surface area (Å²) in [6.45, 7) is 7.77. The van der Waals surface area contributed by atoms with Gasteiger partial charge in [-0.3, -0.25) is 0 Å². The molecule has 1 aliphatic rings. The first kappa shape index (κ1) is 11.7. The quantitative estimate of drug-likeness (QED) is 0.812. The Bertz CT molecular complexity index is 572. The molecule has 2 heterocycles. The molecule has 0 N–H and O–H groups in total. The van der Waals surface area contributed by atoms with Crippen LogP contribution < -0.4 is 4.90 Å². The molecule has 0 atom stereocenters. The van der Waals surface area contributed by atoms with Crippen molar-refractivity contribution in [3.63, 3.8) is 0 Å². The van der Waals surface area contributed by atoms with Crippen molar-refractivity contribution >= 4 is 17.0 Å². The van der Waals surface area contributed by atoms with Crippen LogP contribution in [0.4, 0.5) is 5.69 Å². The van der Waals surface area contributed by atoms with Gasteiger partial charge in [0.1, 0.15) is 5.01 Å². The van der Waals surface area contributed by atoms with E-state index in [0.29, 0.717) is 6.04 Å². The summed E-state index contributed by atoms with van der Waals surface area (Å²) in [6.07, 6.45) is 3.11. The predicted molar refractivity (Wildman–Crippen MR) is 78.5 cm³/mol. The Kier molecular flexibility index (Phi) is 2.86. The van der Waals surface area contributed by atoms with Crippen LogP contribution in [-0.2, 0) is 6.42 Å². The fourth-order valence-electron chi connectivity index (χ4n) is 2.58. The average molecular weight is 258 g/mol. The van der Waals surface area contributed by atoms with Crippen LogP contribution in [0.2, 0.25) is 0 Å². The number of benzene rings is 1. The zero-order valence-corrected chi connectivity index (χ0v) is 11.9. The Morgan fingerprint density at radius 1 is 1.33 bits per heavy atom. The van der Waals surface area contributed by atoms with E-state index in [2.05, 4.69) is 48.9 Å². The second-order valence-corrected chi connectivity index (χ2v) is 6.39. The monoisotopic (exact) mass is 258 g/mol. The van der Waals surface area contributed by atoms with Gasteiger partial charge in [-0.25, -0.2) is 4.98 Å². The van der Waals surface area contributed by atoms with Crippen LogP contribution in [0, 0.1) is 6.92 Å². The van der Waals surface area contributed by atoms with Crippen LogP contribution in [0.25, 0.3) is 10.6 Å². The average Bonchev–Trinajstić information content (AvgIpc) is 2.93. The van der Waals surface area contributed by atoms with E-state index in [0.717, 1.165) is 18.0 Å². The number of nitrogens with zero attached hydrogens (tertiary/aromatic N) is 2. The Morgan fingerprint density at radius 2 is 2.17 bits per heavy atom. The number of aromatic nitrogens is 1. The first-order chi connectivity index (χ1) is 8.65. The van der Waals surface area contributed by atoms with Crippen molar-refractivity contribution in [3.8, 4) is 10.6 Å². The van der Waals surface area contributed by atoms with Crippen molar-refractivity contribution in [3.05, 3.63) is 34.8 Å². The summed E-state index contributed by atoms with van der Waals surface area (Å²) in [4.78, 5) is 8.22. The van der Waals surface area contributed by atoms with Gasteiger partial charge in [0.25, 0.3) is 0 Å². The van der Waals surface area contributed by atoms with Crippen molar-refractivity contribution in [1.82, 2.24) is 4.98 Å². The molecule has 94 valence electrons. The summed E-state index contributed by atoms with van der Waals surface area (Å²) in [5.41, 5.74) is 4.13. The van der Waals surface area contributed by atoms with Crippen LogP contribution in [0.3, 0.4) is 0 Å². The molecule has 0 saturated heterocycles. The fourth-order valence-corrected chi connectivity index (χ4v) is 3.35. The third-order valence-corrected chi connectivity index (χ3v) is 4.46. The molecule has 0 spiro atoms. The van der Waals surface area contributed by atoms with Gasteiger partial charge in [-0.2, -0.15) is 0 Å². The first-order valence-electron chi connectivity index (χ1n) is 6.47. The molecule has 1 aromatic heterocycles. The summed E-state index contributed by atoms with van der Waals surface area (Å²) in [7, 11) is 0. The van der Waals surface area contributed by atoms with E-state index in [4.69, 9.17) is 0 Å². The predicted octanol–water partition coefficient (Wildman–Crippen LogP) is 3.89. The highest BCUT2D eigenvalue weighted by Gasteiger charge is 2.21. The van der Waals surface area contributed by atoms with Crippen LogP contribution in [-0.4, -0.2) is 17.6 Å². The standard InChI is InChI=1S/C15H18N2S/c1-10(2)17-7-6-12-8-13(4-5-14(12)17)15-16-9-11(3)18-15/h4-5,8-10H,6-7H2,1-3H3. The van der Waals surface area contributed by atoms with Crippen LogP contribution in [0.15, 0.2) is 24.4 Å². The summed E-state index contributed by atoms with van der Waals surface area (Å²) in [5.74, 6) is 0. The van der Waals surface area contributed by atoms with Crippen molar-refractivity contribution in [2.45, 2.75) is 33.2 Å². The highest BCUT2D eigenvalue weighted by molar-refractivity contribution is 7.14. The highest BCUT2D eigenvalue weighted by atomic mass is 32.1. The smallest absolute Gasteiger partial charge is 0.123 e. The molecule has 0 fully saturated rings. The molecule has 2 nitrogen and oxygen atoms in total. The number of anilines is 1. The van der Waals surface area contributed by atoms with Gasteiger partial charge in [0.05, 0.1) is 0 Å². The highest BCUT2D eigenvalue weighted by Crippen LogP contribution is 2.34. The lowest BCUT2D eigenvalue weighted by Crippen LogP contribution is -2.28. The Hall–Kier alpha value is -1.35. The largest absolute Gasteiger partial charge is 0.369 e. The number of hydrogen-bond acceptors (Lipinski definition) is 3. The van der Waals surface area contributed by atoms with Crippen molar-refractivity contribution in [2.24, 2.45) is 0 Å². The summed E-state index contributed by atoms with van der Waals surface area (Å²) >= 11 is 1.77. The minimum atomic E-state index is 0.583. The number of aryl methyl sites for hydroxylation is 1. The molecule has 1 aliphatic heterocycles. The Labute approximate surface area is 112 Å². The number of thiazole rings is 1. The van der Waals surface area contributed by atoms with Gasteiger partial charge < -0.3 is 4.90 Å². The maximum Gasteiger partial charge on any atom is 0.123 e. The van der Waals surface area contributed by atoms with Gasteiger partial charge in [0.2, 0.25) is 0 Å². The molecule has 0 bridgehead atoms. The summed E-state index contributed by atoms with van der Waals surface area (Å²) in [6, 6.07) is 7.36. The van der Waals surface area contributed by atoms with Crippen LogP contribution in [0.1, 0.15) is 24.3 Å². The Balaban J connectivity index is 1.98. The van der Waals surface area contributed by atoms with Gasteiger partial charge in [-0.1, -0.05) is 0 Å². The molecule has 0 unspecified atom stereocenters. The van der Waals surface area contributed by atoms with Gasteiger partial charge in [0.15, 0.2) is 0 Å². The summed E-state index contributed by atoms with van der Waals surface area (Å²) in [5, 5.41) is 1.14. The molecule has 3 rings (SSSR count). The molecule has 0 aliphatic carbocycles. The zero-order chi connectivity index (χ0) is 12.7. The molecule has 1 aromatic carbocycles. The SMILES string of the molecule is Cc1cnc(-c2ccc3c(c2)CCN3C(C)C)s1. The van der Waals surface area contributed by atoms with Crippen molar-refractivity contribution in [2.75, 3.05) is 11.4 Å². The van der Waals surface area contributed by atoms with Crippen molar-refractivity contribution in [1.29, 1.82) is 0 Å². The molecular weight excluding hydrogens is 240 g/mol. The lowest BCUT2D eigenvalue weighted by atomic mass is 10.1. The maximum atomic E-state index is 4.47. The number of rotatable bonds is 2. The van der Waals surface area contributed by atoms with E-state index >= 15 is 0 Å². The molecule has 0 radical (unpaired) electrons. The maximum absolute atomic E-state index is 4.47. The number of fused-ring (bicyclic) bond motifs is 1. The topological polar surface area (TPSA) is 16.1 Å². The van der Waals surface area contributed by atoms with Crippen LogP contribution in [0.5, 0.6) is 0 Å². The fraction of sp³-hybridized carbons (Fsp3) is 0.400. The van der Waals surface area contributed by atoms with E-state index in [1.165, 1.54) is 21.7 Å². The lowest BCUT2D eigenvalue weighted by Gasteiger charge is -2.23. The molecular formula is C15H18N2S. The number of hydrogen-bond donors (Lipinski definition) is 0. The third-order valence-electron chi connectivity index (χ3n) is 3.50. The van der Waals surface area contributed by atoms with E-state index in [1.807, 2.05) is 6.20 Å². The van der Waals surface area contributed by atoms with E-state index < -0.39 is 0 Å². The van der Waals surface area contributed by atoms with E-state index in [9.17, 15) is 0 Å². The lowest BCUT2D eigenvalue weighted by molar-refractivity contribution is 0.710. The van der Waals surface area contributed by atoms with Crippen LogP contribution >= 0.6 is 11.3 Å². The van der Waals surface area contributed by atoms with Gasteiger partial charge in [-0.15, -0.1) is 11.3 Å². The molecule has 18 heavy (non-hydrogen) atoms. The van der Waals surface area contributed by atoms with Gasteiger partial charge in [-0.05, 0) is 51.0 Å². The second kappa shape index (κ2) is 4.39. The van der Waals surface area contributed by atoms with Gasteiger partial charge in [0, 0.05) is 34.9 Å². The van der Waals surface area contributed by atoms with E-state index in [1.54, 1.807) is 11.3 Å². The molecule has 3 heteroatoms. The second-order valence-electron chi connectivity index (χ2n) is 5.16. The van der Waals surface area contributed by atoms with Crippen molar-refractivity contribution < 1.29 is 0 Å². The van der Waals surface area contributed by atoms with Gasteiger partial charge >= 0.3 is 0 Å². The Morgan fingerprint density at radius 3 is 2.83 bits per heavy atom.